The van der Waals surface area contributed by atoms with Crippen LogP contribution in [-0.4, -0.2) is 55.6 Å². The Kier molecular flexibility index (Phi) is 4.57. The maximum atomic E-state index is 11.6. The van der Waals surface area contributed by atoms with Crippen LogP contribution in [0.2, 0.25) is 6.82 Å². The lowest BCUT2D eigenvalue weighted by Gasteiger charge is -2.15. The van der Waals surface area contributed by atoms with Crippen LogP contribution in [0.25, 0.3) is 0 Å². The van der Waals surface area contributed by atoms with E-state index in [1.165, 1.54) is 0 Å². The van der Waals surface area contributed by atoms with Crippen molar-refractivity contribution in [3.63, 3.8) is 0 Å². The average Bonchev–Trinajstić information content (AvgIpc) is 2.61. The second-order valence-electron chi connectivity index (χ2n) is 3.84. The van der Waals surface area contributed by atoms with Crippen molar-refractivity contribution >= 4 is 13.0 Å². The van der Waals surface area contributed by atoms with Gasteiger partial charge in [-0.1, -0.05) is 0 Å². The summed E-state index contributed by atoms with van der Waals surface area (Å²) in [6.07, 6.45) is 0. The molecule has 0 aliphatic carbocycles. The van der Waals surface area contributed by atoms with Gasteiger partial charge in [0.2, 0.25) is 0 Å². The third-order valence-electron chi connectivity index (χ3n) is 2.84. The van der Waals surface area contributed by atoms with Gasteiger partial charge < -0.3 is 19.9 Å². The fourth-order valence-corrected chi connectivity index (χ4v) is 1.92. The zero-order valence-electron chi connectivity index (χ0n) is 9.56. The minimum atomic E-state index is -0.514. The van der Waals surface area contributed by atoms with Crippen molar-refractivity contribution in [2.45, 2.75) is 19.8 Å². The van der Waals surface area contributed by atoms with Crippen molar-refractivity contribution in [1.29, 1.82) is 0 Å². The topological polar surface area (TPSA) is 61.8 Å². The molecular weight excluding hydrogens is 195 g/mol. The molecular formula is C9H19BN2O3. The number of carbonyl (C=O) groups excluding carboxylic acids is 1. The molecule has 2 N–H and O–H groups in total. The summed E-state index contributed by atoms with van der Waals surface area (Å²) < 4.78 is 5.00. The predicted octanol–water partition coefficient (Wildman–Crippen LogP) is -0.820. The molecule has 1 rings (SSSR count). The number of esters is 1. The number of ether oxygens (including phenoxy) is 1. The second kappa shape index (κ2) is 5.49. The van der Waals surface area contributed by atoms with E-state index in [9.17, 15) is 9.82 Å². The summed E-state index contributed by atoms with van der Waals surface area (Å²) in [5.74, 6) is -0.357. The smallest absolute Gasteiger partial charge is 0.376 e. The molecule has 0 unspecified atom stereocenters. The lowest BCUT2D eigenvalue weighted by molar-refractivity contribution is -0.148. The monoisotopic (exact) mass is 214 g/mol. The van der Waals surface area contributed by atoms with Gasteiger partial charge in [0.05, 0.1) is 12.5 Å². The van der Waals surface area contributed by atoms with Crippen molar-refractivity contribution in [2.24, 2.45) is 5.92 Å². The Morgan fingerprint density at radius 1 is 1.67 bits per heavy atom. The van der Waals surface area contributed by atoms with E-state index < -0.39 is 7.05 Å². The van der Waals surface area contributed by atoms with Crippen LogP contribution >= 0.6 is 0 Å². The molecule has 0 bridgehead atoms. The Morgan fingerprint density at radius 2 is 2.33 bits per heavy atom. The summed E-state index contributed by atoms with van der Waals surface area (Å²) in [5.41, 5.74) is 0. The van der Waals surface area contributed by atoms with Crippen LogP contribution in [0.4, 0.5) is 0 Å². The second-order valence-corrected chi connectivity index (χ2v) is 3.84. The van der Waals surface area contributed by atoms with Crippen molar-refractivity contribution in [1.82, 2.24) is 10.1 Å². The van der Waals surface area contributed by atoms with Crippen molar-refractivity contribution in [3.05, 3.63) is 0 Å². The van der Waals surface area contributed by atoms with Crippen molar-refractivity contribution in [2.75, 3.05) is 26.7 Å². The van der Waals surface area contributed by atoms with Gasteiger partial charge in [-0.05, 0) is 20.8 Å². The minimum absolute atomic E-state index is 0.0682. The van der Waals surface area contributed by atoms with Crippen molar-refractivity contribution < 1.29 is 14.6 Å². The first-order chi connectivity index (χ1) is 7.10. The maximum Gasteiger partial charge on any atom is 0.376 e. The Hall–Kier alpha value is -0.585. The number of hydrogen-bond donors (Lipinski definition) is 2. The standard InChI is InChI=1S/C9H19BN2O3/c1-4-15-9(13)7-5-12(10(2)14)6-8(7)11-3/h7-8,11,14H,4-6H2,1-3H3/t7-,8+/m0/s1. The van der Waals surface area contributed by atoms with Crippen LogP contribution in [0, 0.1) is 5.92 Å². The molecule has 15 heavy (non-hydrogen) atoms. The SMILES string of the molecule is CCOC(=O)[C@H]1CN(B(C)O)C[C@H]1NC. The lowest BCUT2D eigenvalue weighted by atomic mass is 9.86. The molecule has 1 saturated heterocycles. The maximum absolute atomic E-state index is 11.6. The molecule has 5 nitrogen and oxygen atoms in total. The van der Waals surface area contributed by atoms with Gasteiger partial charge in [0.1, 0.15) is 0 Å². The highest BCUT2D eigenvalue weighted by molar-refractivity contribution is 6.45. The number of nitrogens with one attached hydrogen (secondary N) is 1. The minimum Gasteiger partial charge on any atom is -0.466 e. The third kappa shape index (κ3) is 2.93. The molecule has 0 aromatic carbocycles. The van der Waals surface area contributed by atoms with Gasteiger partial charge in [-0.15, -0.1) is 0 Å². The van der Waals surface area contributed by atoms with Crippen LogP contribution in [0.1, 0.15) is 6.92 Å². The average molecular weight is 214 g/mol. The van der Waals surface area contributed by atoms with E-state index in [-0.39, 0.29) is 17.9 Å². The van der Waals surface area contributed by atoms with Gasteiger partial charge in [-0.3, -0.25) is 4.79 Å². The first-order valence-corrected chi connectivity index (χ1v) is 5.36. The molecule has 0 aromatic heterocycles. The van der Waals surface area contributed by atoms with Crippen LogP contribution in [0.15, 0.2) is 0 Å². The highest BCUT2D eigenvalue weighted by atomic mass is 16.5. The van der Waals surface area contributed by atoms with Gasteiger partial charge in [0, 0.05) is 19.1 Å². The van der Waals surface area contributed by atoms with Gasteiger partial charge in [0.15, 0.2) is 0 Å². The van der Waals surface area contributed by atoms with Crippen LogP contribution < -0.4 is 5.32 Å². The number of nitrogens with zero attached hydrogens (tertiary/aromatic N) is 1. The van der Waals surface area contributed by atoms with E-state index >= 15 is 0 Å². The Labute approximate surface area is 90.9 Å². The van der Waals surface area contributed by atoms with E-state index in [4.69, 9.17) is 4.74 Å². The normalized spacial score (nSPS) is 26.7. The lowest BCUT2D eigenvalue weighted by Crippen LogP contribution is -2.38. The number of carbonyl (C=O) groups is 1. The van der Waals surface area contributed by atoms with Crippen LogP contribution in [0.5, 0.6) is 0 Å². The van der Waals surface area contributed by atoms with Gasteiger partial charge in [0.25, 0.3) is 0 Å². The molecule has 0 spiro atoms. The van der Waals surface area contributed by atoms with E-state index in [0.717, 1.165) is 0 Å². The Bertz CT molecular complexity index is 225. The first-order valence-electron chi connectivity index (χ1n) is 5.36. The van der Waals surface area contributed by atoms with E-state index in [1.807, 2.05) is 11.9 Å². The summed E-state index contributed by atoms with van der Waals surface area (Å²) in [6.45, 7) is 5.15. The highest BCUT2D eigenvalue weighted by Gasteiger charge is 2.39. The number of likely N-dealkylation sites (N-methyl/N-ethyl adjacent to an activating group) is 1. The summed E-state index contributed by atoms with van der Waals surface area (Å²) in [7, 11) is 1.31. The Balaban J connectivity index is 2.59. The largest absolute Gasteiger partial charge is 0.466 e. The molecule has 2 atom stereocenters. The van der Waals surface area contributed by atoms with Gasteiger partial charge >= 0.3 is 13.0 Å². The molecule has 0 saturated carbocycles. The molecule has 1 fully saturated rings. The summed E-state index contributed by atoms with van der Waals surface area (Å²) in [5, 5.41) is 12.5. The van der Waals surface area contributed by atoms with E-state index in [2.05, 4.69) is 5.32 Å². The van der Waals surface area contributed by atoms with Crippen molar-refractivity contribution in [3.8, 4) is 0 Å². The molecule has 6 heteroatoms. The first kappa shape index (κ1) is 12.5. The molecule has 0 aromatic rings. The quantitative estimate of drug-likeness (QED) is 0.473. The summed E-state index contributed by atoms with van der Waals surface area (Å²) in [6, 6.07) is 0.0682. The molecule has 0 radical (unpaired) electrons. The van der Waals surface area contributed by atoms with Gasteiger partial charge in [-0.2, -0.15) is 0 Å². The fraction of sp³-hybridized carbons (Fsp3) is 0.889. The molecule has 0 amide bonds. The third-order valence-corrected chi connectivity index (χ3v) is 2.84. The Morgan fingerprint density at radius 3 is 2.80 bits per heavy atom. The number of hydrogen-bond acceptors (Lipinski definition) is 5. The fourth-order valence-electron chi connectivity index (χ4n) is 1.92. The zero-order chi connectivity index (χ0) is 11.4. The number of rotatable bonds is 4. The molecule has 1 aliphatic rings. The molecule has 1 heterocycles. The van der Waals surface area contributed by atoms with E-state index in [1.54, 1.807) is 13.7 Å². The van der Waals surface area contributed by atoms with E-state index in [0.29, 0.717) is 19.7 Å². The molecule has 86 valence electrons. The van der Waals surface area contributed by atoms with Crippen LogP contribution in [0.3, 0.4) is 0 Å². The summed E-state index contributed by atoms with van der Waals surface area (Å²) in [4.78, 5) is 13.5. The summed E-state index contributed by atoms with van der Waals surface area (Å²) >= 11 is 0. The predicted molar refractivity (Wildman–Crippen MR) is 58.4 cm³/mol. The molecule has 1 aliphatic heterocycles. The van der Waals surface area contributed by atoms with Gasteiger partial charge in [-0.25, -0.2) is 0 Å². The van der Waals surface area contributed by atoms with Crippen LogP contribution in [-0.2, 0) is 9.53 Å². The zero-order valence-corrected chi connectivity index (χ0v) is 9.56. The highest BCUT2D eigenvalue weighted by Crippen LogP contribution is 2.18.